The number of benzene rings is 1. The van der Waals surface area contributed by atoms with Gasteiger partial charge in [-0.15, -0.1) is 11.3 Å². The second-order valence-corrected chi connectivity index (χ2v) is 6.93. The number of anilines is 1. The molecule has 1 aromatic carbocycles. The van der Waals surface area contributed by atoms with Gasteiger partial charge in [0.05, 0.1) is 16.5 Å². The van der Waals surface area contributed by atoms with Gasteiger partial charge in [0.15, 0.2) is 6.61 Å². The molecule has 7 nitrogen and oxygen atoms in total. The zero-order valence-electron chi connectivity index (χ0n) is 14.4. The second-order valence-electron chi connectivity index (χ2n) is 5.98. The number of ether oxygens (including phenoxy) is 1. The Balaban J connectivity index is 1.54. The minimum Gasteiger partial charge on any atom is -0.454 e. The summed E-state index contributed by atoms with van der Waals surface area (Å²) in [5.74, 6) is -1.28. The Kier molecular flexibility index (Phi) is 5.84. The van der Waals surface area contributed by atoms with Crippen molar-refractivity contribution < 1.29 is 19.1 Å². The lowest BCUT2D eigenvalue weighted by Crippen LogP contribution is -2.41. The standard InChI is InChI=1S/C19H17N3O4S/c20-11-13-4-1-5-14(10-13)21-17(23)12-26-19(25)15-6-2-8-22(15)18(24)16-7-3-9-27-16/h1,3-5,7,9-10,15H,2,6,8,12H2,(H,21,23)/t15-/m0/s1. The average Bonchev–Trinajstić information content (AvgIpc) is 3.37. The fraction of sp³-hybridized carbons (Fsp3) is 0.263. The van der Waals surface area contributed by atoms with E-state index in [9.17, 15) is 14.4 Å². The molecule has 1 fully saturated rings. The van der Waals surface area contributed by atoms with E-state index >= 15 is 0 Å². The maximum absolute atomic E-state index is 12.5. The number of esters is 1. The molecule has 0 bridgehead atoms. The van der Waals surface area contributed by atoms with Crippen LogP contribution in [-0.4, -0.2) is 41.9 Å². The molecule has 27 heavy (non-hydrogen) atoms. The fourth-order valence-electron chi connectivity index (χ4n) is 2.89. The number of likely N-dealkylation sites (tertiary alicyclic amines) is 1. The summed E-state index contributed by atoms with van der Waals surface area (Å²) in [5, 5.41) is 13.2. The quantitative estimate of drug-likeness (QED) is 0.799. The topological polar surface area (TPSA) is 99.5 Å². The maximum atomic E-state index is 12.5. The number of amides is 2. The minimum atomic E-state index is -0.672. The van der Waals surface area contributed by atoms with Crippen LogP contribution in [0.4, 0.5) is 5.69 Å². The molecule has 0 saturated carbocycles. The highest BCUT2D eigenvalue weighted by molar-refractivity contribution is 7.12. The molecule has 138 valence electrons. The van der Waals surface area contributed by atoms with Crippen LogP contribution in [0.5, 0.6) is 0 Å². The molecule has 1 aromatic heterocycles. The van der Waals surface area contributed by atoms with E-state index in [2.05, 4.69) is 5.32 Å². The van der Waals surface area contributed by atoms with E-state index in [0.29, 0.717) is 35.5 Å². The van der Waals surface area contributed by atoms with Gasteiger partial charge in [-0.1, -0.05) is 12.1 Å². The van der Waals surface area contributed by atoms with E-state index in [4.69, 9.17) is 10.00 Å². The Morgan fingerprint density at radius 1 is 1.30 bits per heavy atom. The number of thiophene rings is 1. The first kappa shape index (κ1) is 18.6. The molecule has 8 heteroatoms. The molecule has 2 amide bonds. The Hall–Kier alpha value is -3.18. The van der Waals surface area contributed by atoms with Gasteiger partial charge >= 0.3 is 5.97 Å². The zero-order chi connectivity index (χ0) is 19.2. The predicted molar refractivity (Wildman–Crippen MR) is 99.1 cm³/mol. The number of nitriles is 1. The first-order valence-corrected chi connectivity index (χ1v) is 9.27. The third-order valence-corrected chi connectivity index (χ3v) is 5.00. The molecule has 1 atom stereocenters. The highest BCUT2D eigenvalue weighted by Gasteiger charge is 2.36. The summed E-state index contributed by atoms with van der Waals surface area (Å²) in [7, 11) is 0. The smallest absolute Gasteiger partial charge is 0.329 e. The van der Waals surface area contributed by atoms with Crippen molar-refractivity contribution in [3.05, 3.63) is 52.2 Å². The Morgan fingerprint density at radius 2 is 2.15 bits per heavy atom. The first-order valence-electron chi connectivity index (χ1n) is 8.39. The monoisotopic (exact) mass is 383 g/mol. The van der Waals surface area contributed by atoms with E-state index < -0.39 is 24.5 Å². The zero-order valence-corrected chi connectivity index (χ0v) is 15.2. The number of hydrogen-bond acceptors (Lipinski definition) is 6. The molecule has 0 radical (unpaired) electrons. The van der Waals surface area contributed by atoms with Crippen molar-refractivity contribution in [2.75, 3.05) is 18.5 Å². The molecule has 2 aromatic rings. The molecule has 1 aliphatic rings. The summed E-state index contributed by atoms with van der Waals surface area (Å²) in [5.41, 5.74) is 0.865. The van der Waals surface area contributed by atoms with E-state index in [-0.39, 0.29) is 5.91 Å². The van der Waals surface area contributed by atoms with Crippen molar-refractivity contribution in [3.63, 3.8) is 0 Å². The Bertz CT molecular complexity index is 889. The highest BCUT2D eigenvalue weighted by atomic mass is 32.1. The summed E-state index contributed by atoms with van der Waals surface area (Å²) in [4.78, 5) is 38.9. The molecule has 0 aliphatic carbocycles. The molecule has 1 aliphatic heterocycles. The van der Waals surface area contributed by atoms with Gasteiger partial charge < -0.3 is 15.0 Å². The van der Waals surface area contributed by atoms with Crippen LogP contribution in [0.3, 0.4) is 0 Å². The molecule has 0 spiro atoms. The Morgan fingerprint density at radius 3 is 2.89 bits per heavy atom. The molecule has 1 N–H and O–H groups in total. The number of carbonyl (C=O) groups excluding carboxylic acids is 3. The first-order chi connectivity index (χ1) is 13.1. The van der Waals surface area contributed by atoms with Crippen LogP contribution in [0, 0.1) is 11.3 Å². The van der Waals surface area contributed by atoms with Gasteiger partial charge in [-0.05, 0) is 42.5 Å². The van der Waals surface area contributed by atoms with Crippen molar-refractivity contribution in [3.8, 4) is 6.07 Å². The van der Waals surface area contributed by atoms with Crippen molar-refractivity contribution >= 4 is 34.8 Å². The minimum absolute atomic E-state index is 0.192. The number of nitrogens with zero attached hydrogens (tertiary/aromatic N) is 2. The van der Waals surface area contributed by atoms with Gasteiger partial charge in [-0.3, -0.25) is 9.59 Å². The summed E-state index contributed by atoms with van der Waals surface area (Å²) in [6.07, 6.45) is 1.23. The van der Waals surface area contributed by atoms with Crippen molar-refractivity contribution in [1.82, 2.24) is 4.90 Å². The van der Waals surface area contributed by atoms with Crippen molar-refractivity contribution in [2.24, 2.45) is 0 Å². The molecule has 1 saturated heterocycles. The van der Waals surface area contributed by atoms with Gasteiger partial charge in [0.2, 0.25) is 0 Å². The Labute approximate surface area is 160 Å². The summed E-state index contributed by atoms with van der Waals surface area (Å²) < 4.78 is 5.11. The average molecular weight is 383 g/mol. The number of carbonyl (C=O) groups is 3. The SMILES string of the molecule is N#Cc1cccc(NC(=O)COC(=O)[C@@H]2CCCN2C(=O)c2cccs2)c1. The highest BCUT2D eigenvalue weighted by Crippen LogP contribution is 2.23. The lowest BCUT2D eigenvalue weighted by molar-refractivity contribution is -0.151. The van der Waals surface area contributed by atoms with Gasteiger partial charge in [-0.25, -0.2) is 4.79 Å². The van der Waals surface area contributed by atoms with Crippen LogP contribution in [0.1, 0.15) is 28.1 Å². The van der Waals surface area contributed by atoms with Crippen LogP contribution in [0.15, 0.2) is 41.8 Å². The van der Waals surface area contributed by atoms with Crippen molar-refractivity contribution in [1.29, 1.82) is 5.26 Å². The van der Waals surface area contributed by atoms with Crippen molar-refractivity contribution in [2.45, 2.75) is 18.9 Å². The lowest BCUT2D eigenvalue weighted by atomic mass is 10.2. The molecule has 3 rings (SSSR count). The summed E-state index contributed by atoms with van der Waals surface area (Å²) >= 11 is 1.32. The maximum Gasteiger partial charge on any atom is 0.329 e. The number of nitrogens with one attached hydrogen (secondary N) is 1. The normalized spacial score (nSPS) is 15.8. The molecular weight excluding hydrogens is 366 g/mol. The van der Waals surface area contributed by atoms with Crippen LogP contribution < -0.4 is 5.32 Å². The number of rotatable bonds is 5. The fourth-order valence-corrected chi connectivity index (χ4v) is 3.57. The van der Waals surface area contributed by atoms with Crippen LogP contribution in [0.2, 0.25) is 0 Å². The van der Waals surface area contributed by atoms with E-state index in [1.807, 2.05) is 11.4 Å². The summed E-state index contributed by atoms with van der Waals surface area (Å²) in [6.45, 7) is 0.0385. The summed E-state index contributed by atoms with van der Waals surface area (Å²) in [6, 6.07) is 11.2. The largest absolute Gasteiger partial charge is 0.454 e. The molecule has 2 heterocycles. The third kappa shape index (κ3) is 4.51. The molecular formula is C19H17N3O4S. The third-order valence-electron chi connectivity index (χ3n) is 4.14. The second kappa shape index (κ2) is 8.47. The van der Waals surface area contributed by atoms with E-state index in [1.54, 1.807) is 30.3 Å². The van der Waals surface area contributed by atoms with Gasteiger partial charge in [0, 0.05) is 12.2 Å². The van der Waals surface area contributed by atoms with Crippen LogP contribution >= 0.6 is 11.3 Å². The van der Waals surface area contributed by atoms with Crippen LogP contribution in [0.25, 0.3) is 0 Å². The van der Waals surface area contributed by atoms with E-state index in [1.165, 1.54) is 22.3 Å². The van der Waals surface area contributed by atoms with E-state index in [0.717, 1.165) is 0 Å². The van der Waals surface area contributed by atoms with Gasteiger partial charge in [0.25, 0.3) is 11.8 Å². The predicted octanol–water partition coefficient (Wildman–Crippen LogP) is 2.41. The van der Waals surface area contributed by atoms with Gasteiger partial charge in [0.1, 0.15) is 6.04 Å². The van der Waals surface area contributed by atoms with Crippen LogP contribution in [-0.2, 0) is 14.3 Å². The molecule has 0 unspecified atom stereocenters. The van der Waals surface area contributed by atoms with Gasteiger partial charge in [-0.2, -0.15) is 5.26 Å². The lowest BCUT2D eigenvalue weighted by Gasteiger charge is -2.22. The number of hydrogen-bond donors (Lipinski definition) is 1.